The van der Waals surface area contributed by atoms with Crippen LogP contribution in [-0.4, -0.2) is 35.0 Å². The van der Waals surface area contributed by atoms with Crippen molar-refractivity contribution in [2.75, 3.05) is 13.1 Å². The molecule has 0 aromatic heterocycles. The molecule has 0 spiro atoms. The first-order valence-electron chi connectivity index (χ1n) is 5.06. The Morgan fingerprint density at radius 2 is 1.78 bits per heavy atom. The number of halogens is 3. The van der Waals surface area contributed by atoms with Gasteiger partial charge in [-0.1, -0.05) is 15.9 Å². The van der Waals surface area contributed by atoms with Crippen LogP contribution in [0, 0.1) is 17.6 Å². The van der Waals surface area contributed by atoms with Gasteiger partial charge in [0.1, 0.15) is 17.2 Å². The van der Waals surface area contributed by atoms with Crippen LogP contribution < -0.4 is 0 Å². The van der Waals surface area contributed by atoms with Crippen LogP contribution in [0.2, 0.25) is 0 Å². The zero-order chi connectivity index (χ0) is 13.4. The van der Waals surface area contributed by atoms with Gasteiger partial charge in [-0.05, 0) is 12.1 Å². The number of carboxylic acid groups (broad SMARTS) is 1. The molecular weight excluding hydrogens is 312 g/mol. The Hall–Kier alpha value is -1.50. The zero-order valence-electron chi connectivity index (χ0n) is 8.99. The molecule has 1 aliphatic rings. The second-order valence-electron chi connectivity index (χ2n) is 3.99. The Kier molecular flexibility index (Phi) is 3.34. The standard InChI is InChI=1S/C11H8BrF2NO3/c12-6-1-7(13)9(8(14)2-6)10(16)15-3-5(4-15)11(17)18/h1-2,5H,3-4H2,(H,17,18). The monoisotopic (exact) mass is 319 g/mol. The summed E-state index contributed by atoms with van der Waals surface area (Å²) in [5.41, 5.74) is -0.651. The number of aliphatic carboxylic acids is 1. The van der Waals surface area contributed by atoms with E-state index in [1.54, 1.807) is 0 Å². The zero-order valence-corrected chi connectivity index (χ0v) is 10.6. The Morgan fingerprint density at radius 1 is 1.28 bits per heavy atom. The van der Waals surface area contributed by atoms with Gasteiger partial charge in [-0.15, -0.1) is 0 Å². The fourth-order valence-electron chi connectivity index (χ4n) is 1.71. The van der Waals surface area contributed by atoms with E-state index >= 15 is 0 Å². The average Bonchev–Trinajstić information content (AvgIpc) is 2.11. The molecule has 1 amide bonds. The fourth-order valence-corrected chi connectivity index (χ4v) is 2.11. The molecule has 2 rings (SSSR count). The minimum Gasteiger partial charge on any atom is -0.481 e. The van der Waals surface area contributed by atoms with Gasteiger partial charge >= 0.3 is 5.97 Å². The van der Waals surface area contributed by atoms with Crippen molar-refractivity contribution < 1.29 is 23.5 Å². The lowest BCUT2D eigenvalue weighted by Crippen LogP contribution is -2.53. The maximum Gasteiger partial charge on any atom is 0.310 e. The third-order valence-electron chi connectivity index (χ3n) is 2.74. The molecule has 1 heterocycles. The molecule has 1 aliphatic heterocycles. The Bertz CT molecular complexity index is 506. The van der Waals surface area contributed by atoms with Crippen molar-refractivity contribution in [3.63, 3.8) is 0 Å². The third-order valence-corrected chi connectivity index (χ3v) is 3.20. The predicted molar refractivity (Wildman–Crippen MR) is 61.1 cm³/mol. The molecule has 1 fully saturated rings. The lowest BCUT2D eigenvalue weighted by atomic mass is 9.99. The summed E-state index contributed by atoms with van der Waals surface area (Å²) in [6, 6.07) is 1.98. The van der Waals surface area contributed by atoms with E-state index in [1.807, 2.05) is 0 Å². The van der Waals surface area contributed by atoms with Gasteiger partial charge in [-0.3, -0.25) is 9.59 Å². The molecule has 0 aliphatic carbocycles. The topological polar surface area (TPSA) is 57.6 Å². The van der Waals surface area contributed by atoms with Crippen LogP contribution in [0.5, 0.6) is 0 Å². The summed E-state index contributed by atoms with van der Waals surface area (Å²) in [6.45, 7) is -0.0494. The molecule has 1 N–H and O–H groups in total. The highest BCUT2D eigenvalue weighted by Crippen LogP contribution is 2.24. The molecule has 0 unspecified atom stereocenters. The molecule has 0 bridgehead atoms. The number of benzene rings is 1. The second-order valence-corrected chi connectivity index (χ2v) is 4.91. The average molecular weight is 320 g/mol. The SMILES string of the molecule is O=C(O)C1CN(C(=O)c2c(F)cc(Br)cc2F)C1. The van der Waals surface area contributed by atoms with E-state index in [0.29, 0.717) is 0 Å². The molecule has 1 saturated heterocycles. The molecule has 96 valence electrons. The predicted octanol–water partition coefficient (Wildman–Crippen LogP) is 1.88. The first-order valence-corrected chi connectivity index (χ1v) is 5.86. The molecule has 4 nitrogen and oxygen atoms in total. The third kappa shape index (κ3) is 2.22. The molecule has 0 atom stereocenters. The molecular formula is C11H8BrF2NO3. The molecule has 0 radical (unpaired) electrons. The summed E-state index contributed by atoms with van der Waals surface area (Å²) in [7, 11) is 0. The van der Waals surface area contributed by atoms with Crippen LogP contribution >= 0.6 is 15.9 Å². The van der Waals surface area contributed by atoms with Gasteiger partial charge in [0.2, 0.25) is 0 Å². The number of carbonyl (C=O) groups is 2. The van der Waals surface area contributed by atoms with Crippen molar-refractivity contribution in [1.82, 2.24) is 4.90 Å². The molecule has 1 aromatic rings. The molecule has 1 aromatic carbocycles. The van der Waals surface area contributed by atoms with Crippen molar-refractivity contribution >= 4 is 27.8 Å². The molecule has 7 heteroatoms. The highest BCUT2D eigenvalue weighted by Gasteiger charge is 2.37. The van der Waals surface area contributed by atoms with Gasteiger partial charge in [-0.2, -0.15) is 0 Å². The van der Waals surface area contributed by atoms with E-state index in [-0.39, 0.29) is 17.6 Å². The van der Waals surface area contributed by atoms with Gasteiger partial charge in [0, 0.05) is 17.6 Å². The summed E-state index contributed by atoms with van der Waals surface area (Å²) >= 11 is 2.91. The van der Waals surface area contributed by atoms with E-state index in [1.165, 1.54) is 0 Å². The number of amides is 1. The second kappa shape index (κ2) is 4.64. The Morgan fingerprint density at radius 3 is 2.22 bits per heavy atom. The van der Waals surface area contributed by atoms with Crippen LogP contribution in [0.3, 0.4) is 0 Å². The minimum atomic E-state index is -1.02. The summed E-state index contributed by atoms with van der Waals surface area (Å²) in [4.78, 5) is 23.5. The van der Waals surface area contributed by atoms with Gasteiger partial charge in [0.15, 0.2) is 0 Å². The number of hydrogen-bond donors (Lipinski definition) is 1. The first-order chi connectivity index (χ1) is 8.40. The van der Waals surface area contributed by atoms with E-state index in [9.17, 15) is 18.4 Å². The number of likely N-dealkylation sites (tertiary alicyclic amines) is 1. The lowest BCUT2D eigenvalue weighted by molar-refractivity contribution is -0.146. The highest BCUT2D eigenvalue weighted by atomic mass is 79.9. The molecule has 0 saturated carbocycles. The number of hydrogen-bond acceptors (Lipinski definition) is 2. The Balaban J connectivity index is 2.19. The maximum absolute atomic E-state index is 13.5. The van der Waals surface area contributed by atoms with Crippen LogP contribution in [0.25, 0.3) is 0 Å². The van der Waals surface area contributed by atoms with E-state index < -0.39 is 35.0 Å². The number of carbonyl (C=O) groups excluding carboxylic acids is 1. The van der Waals surface area contributed by atoms with Gasteiger partial charge in [-0.25, -0.2) is 8.78 Å². The van der Waals surface area contributed by atoms with Crippen LogP contribution in [0.4, 0.5) is 8.78 Å². The normalized spacial score (nSPS) is 15.4. The smallest absolute Gasteiger partial charge is 0.310 e. The number of rotatable bonds is 2. The van der Waals surface area contributed by atoms with E-state index in [2.05, 4.69) is 15.9 Å². The van der Waals surface area contributed by atoms with Crippen molar-refractivity contribution in [2.24, 2.45) is 5.92 Å². The maximum atomic E-state index is 13.5. The summed E-state index contributed by atoms with van der Waals surface area (Å²) in [5, 5.41) is 8.66. The van der Waals surface area contributed by atoms with E-state index in [4.69, 9.17) is 5.11 Å². The van der Waals surface area contributed by atoms with Gasteiger partial charge in [0.25, 0.3) is 5.91 Å². The van der Waals surface area contributed by atoms with Gasteiger partial charge < -0.3 is 10.0 Å². The highest BCUT2D eigenvalue weighted by molar-refractivity contribution is 9.10. The number of carboxylic acids is 1. The number of nitrogens with zero attached hydrogens (tertiary/aromatic N) is 1. The van der Waals surface area contributed by atoms with Gasteiger partial charge in [0.05, 0.1) is 5.92 Å². The van der Waals surface area contributed by atoms with Crippen molar-refractivity contribution in [2.45, 2.75) is 0 Å². The summed E-state index contributed by atoms with van der Waals surface area (Å²) < 4.78 is 27.2. The lowest BCUT2D eigenvalue weighted by Gasteiger charge is -2.36. The van der Waals surface area contributed by atoms with Crippen molar-refractivity contribution in [3.8, 4) is 0 Å². The van der Waals surface area contributed by atoms with E-state index in [0.717, 1.165) is 17.0 Å². The minimum absolute atomic E-state index is 0.0247. The summed E-state index contributed by atoms with van der Waals surface area (Å²) in [5.74, 6) is -4.43. The van der Waals surface area contributed by atoms with Crippen molar-refractivity contribution in [1.29, 1.82) is 0 Å². The fraction of sp³-hybridized carbons (Fsp3) is 0.273. The first kappa shape index (κ1) is 12.9. The largest absolute Gasteiger partial charge is 0.481 e. The quantitative estimate of drug-likeness (QED) is 0.905. The van der Waals surface area contributed by atoms with Crippen molar-refractivity contribution in [3.05, 3.63) is 33.8 Å². The Labute approximate surface area is 109 Å². The van der Waals surface area contributed by atoms with Crippen LogP contribution in [-0.2, 0) is 4.79 Å². The summed E-state index contributed by atoms with van der Waals surface area (Å²) in [6.07, 6.45) is 0. The van der Waals surface area contributed by atoms with Crippen LogP contribution in [0.1, 0.15) is 10.4 Å². The van der Waals surface area contributed by atoms with Crippen LogP contribution in [0.15, 0.2) is 16.6 Å². The molecule has 18 heavy (non-hydrogen) atoms.